The molecule has 0 aromatic heterocycles. The molecule has 0 bridgehead atoms. The Balaban J connectivity index is 2.08. The lowest BCUT2D eigenvalue weighted by atomic mass is 10.2. The molecule has 0 aliphatic rings. The van der Waals surface area contributed by atoms with E-state index in [4.69, 9.17) is 11.6 Å². The molecule has 1 N–H and O–H groups in total. The van der Waals surface area contributed by atoms with Gasteiger partial charge in [-0.25, -0.2) is 8.42 Å². The largest absolute Gasteiger partial charge is 0.350 e. The summed E-state index contributed by atoms with van der Waals surface area (Å²) in [6.07, 6.45) is 1.07. The summed E-state index contributed by atoms with van der Waals surface area (Å²) in [4.78, 5) is 12.2. The van der Waals surface area contributed by atoms with E-state index in [1.54, 1.807) is 48.5 Å². The third kappa shape index (κ3) is 5.22. The monoisotopic (exact) mass is 430 g/mol. The Morgan fingerprint density at radius 2 is 1.79 bits per heavy atom. The Bertz CT molecular complexity index is 825. The lowest BCUT2D eigenvalue weighted by Gasteiger charge is -2.23. The number of nitrogens with zero attached hydrogens (tertiary/aromatic N) is 1. The maximum atomic E-state index is 12.2. The van der Waals surface area contributed by atoms with Crippen LogP contribution in [0, 0.1) is 0 Å². The van der Waals surface area contributed by atoms with Gasteiger partial charge < -0.3 is 5.32 Å². The molecule has 0 saturated carbocycles. The molecule has 0 aliphatic carbocycles. The van der Waals surface area contributed by atoms with Gasteiger partial charge in [0.2, 0.25) is 15.9 Å². The Morgan fingerprint density at radius 3 is 2.38 bits per heavy atom. The topological polar surface area (TPSA) is 66.5 Å². The van der Waals surface area contributed by atoms with E-state index in [1.165, 1.54) is 0 Å². The second-order valence-electron chi connectivity index (χ2n) is 5.12. The molecule has 128 valence electrons. The summed E-state index contributed by atoms with van der Waals surface area (Å²) in [6.45, 7) is -0.00139. The average molecular weight is 432 g/mol. The Labute approximate surface area is 154 Å². The van der Waals surface area contributed by atoms with Crippen molar-refractivity contribution >= 4 is 49.1 Å². The summed E-state index contributed by atoms with van der Waals surface area (Å²) in [5.74, 6) is -0.397. The van der Waals surface area contributed by atoms with Gasteiger partial charge in [-0.3, -0.25) is 9.10 Å². The number of benzene rings is 2. The van der Waals surface area contributed by atoms with Crippen LogP contribution < -0.4 is 9.62 Å². The number of anilines is 1. The molecule has 0 fully saturated rings. The summed E-state index contributed by atoms with van der Waals surface area (Å²) in [6, 6.07) is 13.9. The molecule has 2 aromatic carbocycles. The first-order valence-electron chi connectivity index (χ1n) is 7.01. The number of hydrogen-bond acceptors (Lipinski definition) is 3. The third-order valence-corrected chi connectivity index (χ3v) is 5.26. The first-order chi connectivity index (χ1) is 11.3. The van der Waals surface area contributed by atoms with Gasteiger partial charge in [0.05, 0.1) is 11.9 Å². The summed E-state index contributed by atoms with van der Waals surface area (Å²) in [5, 5.41) is 3.32. The van der Waals surface area contributed by atoms with Crippen LogP contribution in [0.25, 0.3) is 0 Å². The quantitative estimate of drug-likeness (QED) is 0.764. The van der Waals surface area contributed by atoms with E-state index in [1.807, 2.05) is 0 Å². The van der Waals surface area contributed by atoms with E-state index in [9.17, 15) is 13.2 Å². The normalized spacial score (nSPS) is 11.1. The first-order valence-corrected chi connectivity index (χ1v) is 10.0. The fourth-order valence-corrected chi connectivity index (χ4v) is 3.63. The number of rotatable bonds is 6. The summed E-state index contributed by atoms with van der Waals surface area (Å²) in [5.41, 5.74) is 1.29. The molecule has 1 amide bonds. The highest BCUT2D eigenvalue weighted by Crippen LogP contribution is 2.27. The highest BCUT2D eigenvalue weighted by Gasteiger charge is 2.22. The van der Waals surface area contributed by atoms with Crippen LogP contribution in [0.5, 0.6) is 0 Å². The molecule has 0 aliphatic heterocycles. The Hall–Kier alpha value is -1.57. The van der Waals surface area contributed by atoms with E-state index in [-0.39, 0.29) is 6.54 Å². The Morgan fingerprint density at radius 1 is 1.17 bits per heavy atom. The minimum absolute atomic E-state index is 0.295. The van der Waals surface area contributed by atoms with Gasteiger partial charge in [-0.05, 0) is 45.8 Å². The molecule has 0 spiro atoms. The van der Waals surface area contributed by atoms with Crippen LogP contribution in [0.1, 0.15) is 5.56 Å². The van der Waals surface area contributed by atoms with Crippen LogP contribution in [0.2, 0.25) is 5.02 Å². The van der Waals surface area contributed by atoms with Crippen molar-refractivity contribution in [3.63, 3.8) is 0 Å². The molecule has 0 atom stereocenters. The van der Waals surface area contributed by atoms with Crippen LogP contribution in [-0.2, 0) is 21.4 Å². The number of para-hydroxylation sites is 1. The van der Waals surface area contributed by atoms with E-state index < -0.39 is 15.9 Å². The summed E-state index contributed by atoms with van der Waals surface area (Å²) >= 11 is 9.12. The maximum Gasteiger partial charge on any atom is 0.241 e. The number of nitrogens with one attached hydrogen (secondary N) is 1. The lowest BCUT2D eigenvalue weighted by molar-refractivity contribution is -0.119. The van der Waals surface area contributed by atoms with Gasteiger partial charge in [-0.2, -0.15) is 0 Å². The zero-order chi connectivity index (χ0) is 17.7. The number of carbonyl (C=O) groups excluding carboxylic acids is 1. The van der Waals surface area contributed by atoms with Gasteiger partial charge in [-0.1, -0.05) is 35.9 Å². The van der Waals surface area contributed by atoms with Gasteiger partial charge >= 0.3 is 0 Å². The number of amides is 1. The standard InChI is InChI=1S/C16H16BrClN2O3S/c1-24(22,23)20(15-5-3-2-4-14(15)17)11-16(21)19-10-12-6-8-13(18)9-7-12/h2-9H,10-11H2,1H3,(H,19,21). The van der Waals surface area contributed by atoms with Crippen molar-refractivity contribution < 1.29 is 13.2 Å². The zero-order valence-corrected chi connectivity index (χ0v) is 16.0. The number of hydrogen-bond donors (Lipinski definition) is 1. The smallest absolute Gasteiger partial charge is 0.241 e. The predicted octanol–water partition coefficient (Wildman–Crippen LogP) is 3.18. The molecule has 0 radical (unpaired) electrons. The molecular weight excluding hydrogens is 416 g/mol. The second kappa shape index (κ2) is 8.00. The van der Waals surface area contributed by atoms with Gasteiger partial charge in [-0.15, -0.1) is 0 Å². The second-order valence-corrected chi connectivity index (χ2v) is 8.32. The van der Waals surface area contributed by atoms with Crippen LogP contribution in [0.4, 0.5) is 5.69 Å². The van der Waals surface area contributed by atoms with Crippen molar-refractivity contribution in [3.05, 3.63) is 63.6 Å². The van der Waals surface area contributed by atoms with Gasteiger partial charge in [0, 0.05) is 16.0 Å². The highest BCUT2D eigenvalue weighted by atomic mass is 79.9. The van der Waals surface area contributed by atoms with Crippen LogP contribution >= 0.6 is 27.5 Å². The molecule has 0 unspecified atom stereocenters. The predicted molar refractivity (Wildman–Crippen MR) is 99.6 cm³/mol. The minimum atomic E-state index is -3.60. The maximum absolute atomic E-state index is 12.2. The molecule has 0 saturated heterocycles. The summed E-state index contributed by atoms with van der Waals surface area (Å²) in [7, 11) is -3.60. The van der Waals surface area contributed by atoms with Crippen LogP contribution in [-0.4, -0.2) is 27.1 Å². The highest BCUT2D eigenvalue weighted by molar-refractivity contribution is 9.10. The number of sulfonamides is 1. The lowest BCUT2D eigenvalue weighted by Crippen LogP contribution is -2.40. The average Bonchev–Trinajstić information content (AvgIpc) is 2.52. The van der Waals surface area contributed by atoms with Crippen LogP contribution in [0.3, 0.4) is 0 Å². The molecule has 2 rings (SSSR count). The molecule has 8 heteroatoms. The van der Waals surface area contributed by atoms with E-state index in [2.05, 4.69) is 21.2 Å². The number of halogens is 2. The van der Waals surface area contributed by atoms with Crippen molar-refractivity contribution in [2.24, 2.45) is 0 Å². The van der Waals surface area contributed by atoms with Crippen molar-refractivity contribution in [1.82, 2.24) is 5.32 Å². The van der Waals surface area contributed by atoms with Crippen molar-refractivity contribution in [2.45, 2.75) is 6.54 Å². The molecule has 24 heavy (non-hydrogen) atoms. The molecule has 2 aromatic rings. The number of carbonyl (C=O) groups is 1. The van der Waals surface area contributed by atoms with Gasteiger partial charge in [0.15, 0.2) is 0 Å². The van der Waals surface area contributed by atoms with Gasteiger partial charge in [0.1, 0.15) is 6.54 Å². The molecule has 5 nitrogen and oxygen atoms in total. The van der Waals surface area contributed by atoms with E-state index in [0.717, 1.165) is 16.1 Å². The van der Waals surface area contributed by atoms with E-state index >= 15 is 0 Å². The van der Waals surface area contributed by atoms with E-state index in [0.29, 0.717) is 21.7 Å². The van der Waals surface area contributed by atoms with Gasteiger partial charge in [0.25, 0.3) is 0 Å². The SMILES string of the molecule is CS(=O)(=O)N(CC(=O)NCc1ccc(Cl)cc1)c1ccccc1Br. The van der Waals surface area contributed by atoms with Crippen molar-refractivity contribution in [3.8, 4) is 0 Å². The fourth-order valence-electron chi connectivity index (χ4n) is 2.02. The Kier molecular flexibility index (Phi) is 6.26. The minimum Gasteiger partial charge on any atom is -0.350 e. The molecule has 0 heterocycles. The first kappa shape index (κ1) is 18.8. The van der Waals surface area contributed by atoms with Crippen LogP contribution in [0.15, 0.2) is 53.0 Å². The van der Waals surface area contributed by atoms with Crippen molar-refractivity contribution in [1.29, 1.82) is 0 Å². The van der Waals surface area contributed by atoms with Crippen molar-refractivity contribution in [2.75, 3.05) is 17.1 Å². The third-order valence-electron chi connectivity index (χ3n) is 3.21. The zero-order valence-electron chi connectivity index (χ0n) is 12.9. The fraction of sp³-hybridized carbons (Fsp3) is 0.188. The molecular formula is C16H16BrClN2O3S. The summed E-state index contributed by atoms with van der Waals surface area (Å²) < 4.78 is 25.7.